The summed E-state index contributed by atoms with van der Waals surface area (Å²) < 4.78 is 60.9. The minimum Gasteiger partial charge on any atom is -0.459 e. The lowest BCUT2D eigenvalue weighted by Gasteiger charge is -2.60. The smallest absolute Gasteiger partial charge is 0.334 e. The largest absolute Gasteiger partial charge is 0.459 e. The number of amides is 10. The maximum Gasteiger partial charge on any atom is 0.334 e. The first kappa shape index (κ1) is 99.2. The quantitative estimate of drug-likeness (QED) is 0.0164. The van der Waals surface area contributed by atoms with Crippen molar-refractivity contribution in [3.05, 3.63) is 11.1 Å². The van der Waals surface area contributed by atoms with E-state index in [0.717, 1.165) is 5.57 Å². The molecular formula is C82H134N10O29. The fourth-order valence-corrected chi connectivity index (χ4v) is 17.7. The number of aliphatic hydroxyl groups excluding tert-OH is 7. The number of hydrogen-bond acceptors (Lipinski definition) is 29. The maximum atomic E-state index is 14.6. The highest BCUT2D eigenvalue weighted by atomic mass is 16.7. The third-order valence-electron chi connectivity index (χ3n) is 24.7. The van der Waals surface area contributed by atoms with Crippen LogP contribution in [0.2, 0.25) is 0 Å². The zero-order valence-electron chi connectivity index (χ0n) is 71.1. The normalized spacial score (nSPS) is 30.7. The molecule has 39 heteroatoms. The van der Waals surface area contributed by atoms with Gasteiger partial charge in [-0.1, -0.05) is 20.8 Å². The van der Waals surface area contributed by atoms with Gasteiger partial charge in [0.25, 0.3) is 0 Å². The number of esters is 2. The molecule has 17 N–H and O–H groups in total. The van der Waals surface area contributed by atoms with E-state index in [4.69, 9.17) is 47.4 Å². The second kappa shape index (κ2) is 47.8. The number of aliphatic hydroxyl groups is 7. The van der Waals surface area contributed by atoms with Crippen LogP contribution < -0.4 is 53.2 Å². The molecular weight excluding hydrogens is 1590 g/mol. The summed E-state index contributed by atoms with van der Waals surface area (Å²) in [5, 5.41) is 97.4. The van der Waals surface area contributed by atoms with Gasteiger partial charge in [0.05, 0.1) is 127 Å². The molecule has 0 radical (unpaired) electrons. The lowest BCUT2D eigenvalue weighted by molar-refractivity contribution is -0.261. The lowest BCUT2D eigenvalue weighted by Crippen LogP contribution is -2.72. The van der Waals surface area contributed by atoms with Gasteiger partial charge in [-0.05, 0) is 110 Å². The molecule has 1 spiro atoms. The third kappa shape index (κ3) is 27.9. The Morgan fingerprint density at radius 3 is 1.36 bits per heavy atom. The van der Waals surface area contributed by atoms with Gasteiger partial charge in [0.15, 0.2) is 0 Å². The van der Waals surface area contributed by atoms with Gasteiger partial charge in [-0.15, -0.1) is 0 Å². The number of epoxide rings is 1. The Morgan fingerprint density at radius 1 is 0.504 bits per heavy atom. The van der Waals surface area contributed by atoms with E-state index in [1.807, 2.05) is 20.8 Å². The summed E-state index contributed by atoms with van der Waals surface area (Å²) in [5.41, 5.74) is -2.50. The van der Waals surface area contributed by atoms with Gasteiger partial charge in [-0.2, -0.15) is 0 Å². The predicted octanol–water partition coefficient (Wildman–Crippen LogP) is -2.98. The van der Waals surface area contributed by atoms with Gasteiger partial charge in [0.1, 0.15) is 60.0 Å². The van der Waals surface area contributed by atoms with E-state index in [0.29, 0.717) is 44.1 Å². The van der Waals surface area contributed by atoms with Crippen molar-refractivity contribution in [2.45, 2.75) is 298 Å². The van der Waals surface area contributed by atoms with Crippen molar-refractivity contribution < 1.29 is 141 Å². The summed E-state index contributed by atoms with van der Waals surface area (Å²) in [4.78, 5) is 158. The van der Waals surface area contributed by atoms with Gasteiger partial charge in [-0.3, -0.25) is 52.7 Å². The second-order valence-electron chi connectivity index (χ2n) is 34.0. The van der Waals surface area contributed by atoms with Crippen molar-refractivity contribution in [2.24, 2.45) is 23.2 Å². The molecule has 0 aromatic carbocycles. The third-order valence-corrected chi connectivity index (χ3v) is 24.7. The summed E-state index contributed by atoms with van der Waals surface area (Å²) in [6.07, 6.45) is -7.12. The molecule has 686 valence electrons. The van der Waals surface area contributed by atoms with Crippen LogP contribution in [0.15, 0.2) is 11.1 Å². The van der Waals surface area contributed by atoms with Crippen LogP contribution in [0, 0.1) is 23.2 Å². The molecule has 6 fully saturated rings. The zero-order chi connectivity index (χ0) is 88.2. The number of rotatable bonds is 51. The van der Waals surface area contributed by atoms with Gasteiger partial charge in [0.2, 0.25) is 59.1 Å². The van der Waals surface area contributed by atoms with E-state index in [1.165, 1.54) is 0 Å². The summed E-state index contributed by atoms with van der Waals surface area (Å²) in [6, 6.07) is -1.86. The van der Waals surface area contributed by atoms with Crippen molar-refractivity contribution in [3.8, 4) is 0 Å². The molecule has 2 aliphatic carbocycles. The highest BCUT2D eigenvalue weighted by molar-refractivity contribution is 5.92. The van der Waals surface area contributed by atoms with Crippen molar-refractivity contribution in [2.75, 3.05) is 112 Å². The molecule has 5 saturated heterocycles. The molecule has 1 saturated carbocycles. The zero-order valence-corrected chi connectivity index (χ0v) is 71.1. The Morgan fingerprint density at radius 2 is 0.926 bits per heavy atom. The minimum atomic E-state index is -1.62. The summed E-state index contributed by atoms with van der Waals surface area (Å²) >= 11 is 0. The van der Waals surface area contributed by atoms with E-state index >= 15 is 0 Å². The van der Waals surface area contributed by atoms with Crippen LogP contribution in [0.4, 0.5) is 0 Å². The topological polar surface area (TPSA) is 562 Å². The predicted molar refractivity (Wildman–Crippen MR) is 427 cm³/mol. The first-order valence-corrected chi connectivity index (χ1v) is 43.1. The van der Waals surface area contributed by atoms with E-state index in [1.54, 1.807) is 20.8 Å². The Labute approximate surface area is 706 Å². The Hall–Kier alpha value is -7.22. The first-order chi connectivity index (χ1) is 57.7. The molecule has 8 rings (SSSR count). The second-order valence-corrected chi connectivity index (χ2v) is 34.0. The summed E-state index contributed by atoms with van der Waals surface area (Å²) in [7, 11) is 0. The lowest BCUT2D eigenvalue weighted by atomic mass is 9.49. The molecule has 6 aliphatic heterocycles. The van der Waals surface area contributed by atoms with E-state index in [2.05, 4.69) is 60.1 Å². The maximum absolute atomic E-state index is 14.6. The van der Waals surface area contributed by atoms with E-state index < -0.39 is 162 Å². The summed E-state index contributed by atoms with van der Waals surface area (Å²) in [5.74, 6) is -5.35. The molecule has 121 heavy (non-hydrogen) atoms. The van der Waals surface area contributed by atoms with Crippen LogP contribution in [0.3, 0.4) is 0 Å². The number of carbonyl (C=O) groups is 12. The average Bonchev–Trinajstić information content (AvgIpc) is 1.47. The van der Waals surface area contributed by atoms with Crippen LogP contribution in [0.25, 0.3) is 0 Å². The Bertz CT molecular complexity index is 3410. The highest BCUT2D eigenvalue weighted by Gasteiger charge is 2.84. The van der Waals surface area contributed by atoms with Gasteiger partial charge in [-0.25, -0.2) is 4.79 Å². The number of fused-ring (bicyclic) bond motifs is 2. The molecule has 10 amide bonds. The number of ether oxygens (including phenoxy) is 10. The SMILES string of the molecule is CC(C)C1C[C@@H]2O[C@@]23[C@@]2(C)CCC4=C(COC4=O)C2CO[C@]3(C)[C@@H]1OC(=O)CCC(=O)NC(COCCC(=O)NCCCNC(=O)CCCC(=O)N[C@@H]1C[C@H](O)[C@@H](CO)OC1C)(COCCC(=O)NCCCNC(=O)CCCC(=O)N[C@@H]1C[C@H](O)[C@@H](CO)OC1C)COCCC(=O)NCCCNC(=O)CCCC(=O)N[C@H]1C(C)O[C@H](CO)[C@@H](O)[C@@H]1O. The van der Waals surface area contributed by atoms with Crippen molar-refractivity contribution in [1.82, 2.24) is 53.2 Å². The van der Waals surface area contributed by atoms with Crippen LogP contribution in [0.1, 0.15) is 190 Å². The molecule has 0 aromatic heterocycles. The van der Waals surface area contributed by atoms with Gasteiger partial charge < -0.3 is 136 Å². The molecule has 0 aromatic rings. The van der Waals surface area contributed by atoms with E-state index in [-0.39, 0.29) is 255 Å². The van der Waals surface area contributed by atoms with Crippen LogP contribution >= 0.6 is 0 Å². The van der Waals surface area contributed by atoms with Gasteiger partial charge >= 0.3 is 11.9 Å². The summed E-state index contributed by atoms with van der Waals surface area (Å²) in [6.45, 7) is 11.8. The van der Waals surface area contributed by atoms with Crippen molar-refractivity contribution in [1.29, 1.82) is 0 Å². The fourth-order valence-electron chi connectivity index (χ4n) is 17.7. The minimum absolute atomic E-state index is 0.00562. The molecule has 39 nitrogen and oxygen atoms in total. The highest BCUT2D eigenvalue weighted by Crippen LogP contribution is 2.73. The molecule has 6 heterocycles. The van der Waals surface area contributed by atoms with Crippen LogP contribution in [-0.4, -0.2) is 327 Å². The molecule has 20 atom stereocenters. The van der Waals surface area contributed by atoms with Crippen molar-refractivity contribution in [3.63, 3.8) is 0 Å². The van der Waals surface area contributed by atoms with E-state index in [9.17, 15) is 93.3 Å². The number of nitrogens with one attached hydrogen (secondary N) is 10. The Balaban J connectivity index is 0.848. The molecule has 0 bridgehead atoms. The van der Waals surface area contributed by atoms with Crippen molar-refractivity contribution >= 4 is 71.0 Å². The number of hydrogen-bond donors (Lipinski definition) is 17. The average molecular weight is 1720 g/mol. The monoisotopic (exact) mass is 1720 g/mol. The molecule has 8 aliphatic rings. The Kier molecular flexibility index (Phi) is 39.2. The van der Waals surface area contributed by atoms with Crippen LogP contribution in [0.5, 0.6) is 0 Å². The first-order valence-electron chi connectivity index (χ1n) is 43.1. The molecule has 5 unspecified atom stereocenters. The standard InChI is InChI=1S/C82H134N10O29/c1-47(2)52-36-62-82(121-62)79(6)26-22-51-53(42-115-78(51)111)54(79)43-116-80(82,7)77(52)120-73(108)21-20-72(107)92-81(44-112-33-23-66(101)86-30-11-27-83-63(98)14-8-17-69(104)89-55-37-57(96)59(39-93)117-48(55)3,45-113-34-24-67(102)87-31-12-28-84-64(99)15-9-18-70(105)90-56-38-58(97)60(40-94)118-49(56)4)46-114-35-25-68(103)88-32-13-29-85-65(100)16-10-19-71(106)91-74-50(5)119-61(41-95)75(109)76(74)110/h47-50,52,54-62,74-77,93-97,109-110H,8-46H2,1-7H3,(H,83,98)(H,84,99)(H,85,100)(H,86,101)(H,87,102)(H,88,103)(H,89,104)(H,90,105)(H,91,106)(H,92,107)/t48?,49?,50?,52?,54?,55-,56-,57+,58+,59-,60-,61-,62+,74+,75-,76-,77-,79+,80-,81?,82-/m1/s1. The number of carbonyl (C=O) groups excluding carboxylic acids is 12. The van der Waals surface area contributed by atoms with Crippen LogP contribution in [-0.2, 0) is 105 Å². The fraction of sp³-hybridized carbons (Fsp3) is 0.829. The number of cyclic esters (lactones) is 1. The van der Waals surface area contributed by atoms with Gasteiger partial charge in [0, 0.05) is 126 Å².